The number of likely N-dealkylation sites (tertiary alicyclic amines) is 1. The molecule has 0 unspecified atom stereocenters. The van der Waals surface area contributed by atoms with Gasteiger partial charge in [0.1, 0.15) is 0 Å². The summed E-state index contributed by atoms with van der Waals surface area (Å²) in [6.07, 6.45) is 2.70. The molecular weight excluding hydrogens is 380 g/mol. The molecule has 0 saturated carbocycles. The minimum absolute atomic E-state index is 0.0457. The molecule has 1 fully saturated rings. The van der Waals surface area contributed by atoms with Gasteiger partial charge in [0.25, 0.3) is 11.6 Å². The fourth-order valence-corrected chi connectivity index (χ4v) is 2.99. The minimum Gasteiger partial charge on any atom is -0.466 e. The molecule has 0 bridgehead atoms. The van der Waals surface area contributed by atoms with Gasteiger partial charge in [0, 0.05) is 31.3 Å². The molecule has 2 rings (SSSR count). The van der Waals surface area contributed by atoms with E-state index in [4.69, 9.17) is 9.47 Å². The van der Waals surface area contributed by atoms with Crippen LogP contribution in [-0.4, -0.2) is 53.5 Å². The molecule has 0 aromatic heterocycles. The van der Waals surface area contributed by atoms with E-state index in [0.29, 0.717) is 38.1 Å². The number of piperidine rings is 1. The average Bonchev–Trinajstić information content (AvgIpc) is 2.72. The molecule has 1 aromatic rings. The summed E-state index contributed by atoms with van der Waals surface area (Å²) in [5.41, 5.74) is 0.545. The highest BCUT2D eigenvalue weighted by molar-refractivity contribution is 5.90. The quantitative estimate of drug-likeness (QED) is 0.296. The van der Waals surface area contributed by atoms with Gasteiger partial charge < -0.3 is 14.4 Å². The van der Waals surface area contributed by atoms with E-state index in [-0.39, 0.29) is 23.5 Å². The molecule has 0 N–H and O–H groups in total. The Balaban J connectivity index is 1.82. The lowest BCUT2D eigenvalue weighted by Gasteiger charge is -2.32. The lowest BCUT2D eigenvalue weighted by Crippen LogP contribution is -2.45. The van der Waals surface area contributed by atoms with Gasteiger partial charge in [0.05, 0.1) is 17.4 Å². The zero-order valence-corrected chi connectivity index (χ0v) is 16.4. The molecule has 0 radical (unpaired) electrons. The number of hydrogen-bond donors (Lipinski definition) is 0. The molecule has 0 aliphatic carbocycles. The Morgan fingerprint density at radius 1 is 1.24 bits per heavy atom. The lowest BCUT2D eigenvalue weighted by molar-refractivity contribution is -0.384. The van der Waals surface area contributed by atoms with Gasteiger partial charge in [0.2, 0.25) is 0 Å². The predicted molar refractivity (Wildman–Crippen MR) is 104 cm³/mol. The van der Waals surface area contributed by atoms with Gasteiger partial charge in [-0.1, -0.05) is 0 Å². The van der Waals surface area contributed by atoms with Crippen molar-refractivity contribution in [2.24, 2.45) is 5.92 Å². The van der Waals surface area contributed by atoms with E-state index in [1.165, 1.54) is 37.3 Å². The Hall–Kier alpha value is -3.23. The minimum atomic E-state index is -0.955. The molecular formula is C20H24N2O7. The number of benzene rings is 1. The summed E-state index contributed by atoms with van der Waals surface area (Å²) >= 11 is 0. The van der Waals surface area contributed by atoms with Crippen LogP contribution >= 0.6 is 0 Å². The van der Waals surface area contributed by atoms with Crippen LogP contribution in [0.4, 0.5) is 5.69 Å². The molecule has 29 heavy (non-hydrogen) atoms. The van der Waals surface area contributed by atoms with E-state index >= 15 is 0 Å². The van der Waals surface area contributed by atoms with Crippen molar-refractivity contribution in [1.82, 2.24) is 4.90 Å². The summed E-state index contributed by atoms with van der Waals surface area (Å²) in [5.74, 6) is -1.45. The van der Waals surface area contributed by atoms with Gasteiger partial charge in [-0.15, -0.1) is 0 Å². The summed E-state index contributed by atoms with van der Waals surface area (Å²) in [7, 11) is 0. The summed E-state index contributed by atoms with van der Waals surface area (Å²) in [6, 6.07) is 5.67. The van der Waals surface area contributed by atoms with Crippen molar-refractivity contribution in [3.63, 3.8) is 0 Å². The number of nitrogens with zero attached hydrogens (tertiary/aromatic N) is 2. The van der Waals surface area contributed by atoms with Crippen molar-refractivity contribution in [2.75, 3.05) is 19.7 Å². The number of nitro groups is 1. The number of non-ortho nitro benzene ring substituents is 1. The Bertz CT molecular complexity index is 781. The molecule has 1 saturated heterocycles. The van der Waals surface area contributed by atoms with Crippen LogP contribution in [0.25, 0.3) is 6.08 Å². The maximum absolute atomic E-state index is 12.5. The van der Waals surface area contributed by atoms with Crippen LogP contribution in [0.2, 0.25) is 0 Å². The van der Waals surface area contributed by atoms with Crippen molar-refractivity contribution in [3.8, 4) is 0 Å². The molecule has 9 heteroatoms. The maximum atomic E-state index is 12.5. The first-order valence-electron chi connectivity index (χ1n) is 9.40. The molecule has 0 spiro atoms. The van der Waals surface area contributed by atoms with Crippen molar-refractivity contribution in [3.05, 3.63) is 46.0 Å². The molecule has 1 amide bonds. The average molecular weight is 404 g/mol. The number of ether oxygens (including phenoxy) is 2. The monoisotopic (exact) mass is 404 g/mol. The van der Waals surface area contributed by atoms with E-state index in [0.717, 1.165) is 6.08 Å². The van der Waals surface area contributed by atoms with Gasteiger partial charge in [-0.3, -0.25) is 19.7 Å². The van der Waals surface area contributed by atoms with E-state index in [1.54, 1.807) is 11.8 Å². The summed E-state index contributed by atoms with van der Waals surface area (Å²) in [6.45, 7) is 4.39. The van der Waals surface area contributed by atoms with E-state index in [1.807, 2.05) is 0 Å². The van der Waals surface area contributed by atoms with Crippen LogP contribution in [0.15, 0.2) is 30.3 Å². The number of esters is 2. The highest BCUT2D eigenvalue weighted by Gasteiger charge is 2.31. The normalized spacial score (nSPS) is 15.7. The maximum Gasteiger partial charge on any atom is 0.331 e. The topological polar surface area (TPSA) is 116 Å². The lowest BCUT2D eigenvalue weighted by atomic mass is 9.97. The zero-order valence-electron chi connectivity index (χ0n) is 16.4. The van der Waals surface area contributed by atoms with Crippen molar-refractivity contribution in [1.29, 1.82) is 0 Å². The molecule has 156 valence electrons. The Morgan fingerprint density at radius 2 is 1.86 bits per heavy atom. The number of rotatable bonds is 7. The third kappa shape index (κ3) is 6.41. The predicted octanol–water partition coefficient (Wildman–Crippen LogP) is 2.34. The third-order valence-electron chi connectivity index (χ3n) is 4.58. The second-order valence-corrected chi connectivity index (χ2v) is 6.61. The third-order valence-corrected chi connectivity index (χ3v) is 4.58. The Kier molecular flexibility index (Phi) is 7.88. The van der Waals surface area contributed by atoms with Gasteiger partial charge >= 0.3 is 11.9 Å². The van der Waals surface area contributed by atoms with Gasteiger partial charge in [-0.25, -0.2) is 4.79 Å². The molecule has 1 heterocycles. The van der Waals surface area contributed by atoms with Crippen molar-refractivity contribution >= 4 is 29.6 Å². The second kappa shape index (κ2) is 10.4. The Morgan fingerprint density at radius 3 is 2.41 bits per heavy atom. The second-order valence-electron chi connectivity index (χ2n) is 6.61. The van der Waals surface area contributed by atoms with Crippen LogP contribution in [0.1, 0.15) is 32.3 Å². The fourth-order valence-electron chi connectivity index (χ4n) is 2.99. The first kappa shape index (κ1) is 22.1. The number of carbonyl (C=O) groups is 3. The fraction of sp³-hybridized carbons (Fsp3) is 0.450. The standard InChI is InChI=1S/C20H24N2O7/c1-3-28-20(25)16-10-12-21(13-11-16)19(24)14(2)29-18(23)9-6-15-4-7-17(8-5-15)22(26)27/h4-9,14,16H,3,10-13H2,1-2H3/b9-6+/t14-/m0/s1. The van der Waals surface area contributed by atoms with Crippen molar-refractivity contribution in [2.45, 2.75) is 32.8 Å². The van der Waals surface area contributed by atoms with Crippen molar-refractivity contribution < 1.29 is 28.8 Å². The van der Waals surface area contributed by atoms with Crippen LogP contribution in [0.3, 0.4) is 0 Å². The zero-order chi connectivity index (χ0) is 21.4. The summed E-state index contributed by atoms with van der Waals surface area (Å²) in [4.78, 5) is 47.9. The molecule has 1 aromatic carbocycles. The number of carbonyl (C=O) groups excluding carboxylic acids is 3. The van der Waals surface area contributed by atoms with Gasteiger partial charge in [-0.2, -0.15) is 0 Å². The van der Waals surface area contributed by atoms with Gasteiger partial charge in [0.15, 0.2) is 6.10 Å². The highest BCUT2D eigenvalue weighted by Crippen LogP contribution is 2.20. The molecule has 9 nitrogen and oxygen atoms in total. The summed E-state index contributed by atoms with van der Waals surface area (Å²) < 4.78 is 10.2. The van der Waals surface area contributed by atoms with E-state index in [2.05, 4.69) is 0 Å². The first-order chi connectivity index (χ1) is 13.8. The van der Waals surface area contributed by atoms with Crippen LogP contribution in [0.5, 0.6) is 0 Å². The van der Waals surface area contributed by atoms with Gasteiger partial charge in [-0.05, 0) is 50.5 Å². The largest absolute Gasteiger partial charge is 0.466 e. The molecule has 1 aliphatic heterocycles. The molecule has 1 atom stereocenters. The number of amides is 1. The Labute approximate surface area is 168 Å². The SMILES string of the molecule is CCOC(=O)C1CCN(C(=O)[C@H](C)OC(=O)/C=C/c2ccc([N+](=O)[O-])cc2)CC1. The number of hydrogen-bond acceptors (Lipinski definition) is 7. The van der Waals surface area contributed by atoms with Crippen LogP contribution in [-0.2, 0) is 23.9 Å². The van der Waals surface area contributed by atoms with E-state index in [9.17, 15) is 24.5 Å². The van der Waals surface area contributed by atoms with Crippen LogP contribution < -0.4 is 0 Å². The first-order valence-corrected chi connectivity index (χ1v) is 9.40. The smallest absolute Gasteiger partial charge is 0.331 e. The van der Waals surface area contributed by atoms with Crippen LogP contribution in [0, 0.1) is 16.0 Å². The number of nitro benzene ring substituents is 1. The van der Waals surface area contributed by atoms with E-state index < -0.39 is 17.0 Å². The molecule has 1 aliphatic rings. The summed E-state index contributed by atoms with van der Waals surface area (Å²) in [5, 5.41) is 10.6. The highest BCUT2D eigenvalue weighted by atomic mass is 16.6.